The Morgan fingerprint density at radius 3 is 2.61 bits per heavy atom. The molecule has 144 valence electrons. The van der Waals surface area contributed by atoms with E-state index in [1.54, 1.807) is 25.3 Å². The Bertz CT molecular complexity index is 973. The van der Waals surface area contributed by atoms with Crippen LogP contribution in [0.3, 0.4) is 0 Å². The number of anilines is 1. The van der Waals surface area contributed by atoms with E-state index in [0.29, 0.717) is 15.9 Å². The summed E-state index contributed by atoms with van der Waals surface area (Å²) < 4.78 is 5.22. The Labute approximate surface area is 171 Å². The topological polar surface area (TPSA) is 80.3 Å². The predicted octanol–water partition coefficient (Wildman–Crippen LogP) is 3.77. The van der Waals surface area contributed by atoms with E-state index in [1.165, 1.54) is 11.3 Å². The zero-order valence-corrected chi connectivity index (χ0v) is 16.6. The van der Waals surface area contributed by atoms with Gasteiger partial charge in [0.1, 0.15) is 5.75 Å². The summed E-state index contributed by atoms with van der Waals surface area (Å²) in [5.41, 5.74) is 2.42. The van der Waals surface area contributed by atoms with E-state index in [1.807, 2.05) is 35.7 Å². The molecule has 0 unspecified atom stereocenters. The molecule has 0 bridgehead atoms. The smallest absolute Gasteiger partial charge is 0.245 e. The van der Waals surface area contributed by atoms with Crippen molar-refractivity contribution >= 4 is 39.9 Å². The molecule has 0 atom stereocenters. The van der Waals surface area contributed by atoms with Gasteiger partial charge in [-0.3, -0.25) is 9.59 Å². The van der Waals surface area contributed by atoms with E-state index >= 15 is 0 Å². The van der Waals surface area contributed by atoms with Crippen LogP contribution < -0.4 is 15.4 Å². The van der Waals surface area contributed by atoms with Crippen LogP contribution in [-0.4, -0.2) is 30.5 Å². The van der Waals surface area contributed by atoms with Gasteiger partial charge in [-0.15, -0.1) is 11.3 Å². The number of para-hydroxylation sites is 1. The molecule has 0 spiro atoms. The summed E-state index contributed by atoms with van der Waals surface area (Å²) >= 11 is 7.20. The Morgan fingerprint density at radius 1 is 1.11 bits per heavy atom. The number of thiazole rings is 1. The Balaban J connectivity index is 1.50. The van der Waals surface area contributed by atoms with E-state index in [0.717, 1.165) is 16.8 Å². The predicted molar refractivity (Wildman–Crippen MR) is 111 cm³/mol. The van der Waals surface area contributed by atoms with Gasteiger partial charge >= 0.3 is 0 Å². The fourth-order valence-electron chi connectivity index (χ4n) is 2.51. The molecule has 1 heterocycles. The minimum absolute atomic E-state index is 0.134. The quantitative estimate of drug-likeness (QED) is 0.615. The van der Waals surface area contributed by atoms with Gasteiger partial charge in [0.05, 0.1) is 25.8 Å². The van der Waals surface area contributed by atoms with Gasteiger partial charge in [-0.25, -0.2) is 4.98 Å². The van der Waals surface area contributed by atoms with Gasteiger partial charge in [-0.05, 0) is 18.2 Å². The zero-order valence-electron chi connectivity index (χ0n) is 15.1. The standard InChI is InChI=1S/C20H18ClN3O3S/c1-27-17-5-3-2-4-14(17)10-18(25)22-11-19(26)24-20-23-16(12-28-20)13-6-8-15(21)9-7-13/h2-9,12H,10-11H2,1H3,(H,22,25)(H,23,24,26). The van der Waals surface area contributed by atoms with Crippen LogP contribution in [0.1, 0.15) is 5.56 Å². The summed E-state index contributed by atoms with van der Waals surface area (Å²) in [6, 6.07) is 14.6. The highest BCUT2D eigenvalue weighted by Gasteiger charge is 2.11. The maximum absolute atomic E-state index is 12.1. The number of aromatic nitrogens is 1. The first-order chi connectivity index (χ1) is 13.5. The molecule has 3 rings (SSSR count). The van der Waals surface area contributed by atoms with Crippen molar-refractivity contribution in [1.29, 1.82) is 0 Å². The lowest BCUT2D eigenvalue weighted by Crippen LogP contribution is -2.33. The summed E-state index contributed by atoms with van der Waals surface area (Å²) in [7, 11) is 1.55. The van der Waals surface area contributed by atoms with Crippen molar-refractivity contribution in [1.82, 2.24) is 10.3 Å². The number of nitrogens with one attached hydrogen (secondary N) is 2. The minimum Gasteiger partial charge on any atom is -0.496 e. The number of methoxy groups -OCH3 is 1. The number of carbonyl (C=O) groups excluding carboxylic acids is 2. The molecule has 2 aromatic carbocycles. The summed E-state index contributed by atoms with van der Waals surface area (Å²) in [5, 5.41) is 8.25. The largest absolute Gasteiger partial charge is 0.496 e. The Kier molecular flexibility index (Phi) is 6.62. The average Bonchev–Trinajstić information content (AvgIpc) is 3.16. The molecule has 3 aromatic rings. The number of hydrogen-bond donors (Lipinski definition) is 2. The number of ether oxygens (including phenoxy) is 1. The highest BCUT2D eigenvalue weighted by atomic mass is 35.5. The summed E-state index contributed by atoms with van der Waals surface area (Å²) in [6.45, 7) is -0.135. The molecular formula is C20H18ClN3O3S. The highest BCUT2D eigenvalue weighted by molar-refractivity contribution is 7.14. The van der Waals surface area contributed by atoms with Gasteiger partial charge in [0.15, 0.2) is 5.13 Å². The van der Waals surface area contributed by atoms with Crippen molar-refractivity contribution in [2.75, 3.05) is 19.0 Å². The number of nitrogens with zero attached hydrogens (tertiary/aromatic N) is 1. The molecule has 0 saturated heterocycles. The number of rotatable bonds is 7. The van der Waals surface area contributed by atoms with Crippen molar-refractivity contribution in [3.05, 3.63) is 64.5 Å². The van der Waals surface area contributed by atoms with Crippen LogP contribution in [0.4, 0.5) is 5.13 Å². The van der Waals surface area contributed by atoms with Crippen molar-refractivity contribution in [2.24, 2.45) is 0 Å². The Hall–Kier alpha value is -2.90. The van der Waals surface area contributed by atoms with Crippen LogP contribution in [0, 0.1) is 0 Å². The lowest BCUT2D eigenvalue weighted by atomic mass is 10.1. The van der Waals surface area contributed by atoms with Gasteiger partial charge in [0.25, 0.3) is 0 Å². The van der Waals surface area contributed by atoms with Gasteiger partial charge < -0.3 is 15.4 Å². The molecule has 0 aliphatic heterocycles. The number of amides is 2. The van der Waals surface area contributed by atoms with Gasteiger partial charge in [0.2, 0.25) is 11.8 Å². The van der Waals surface area contributed by atoms with E-state index in [4.69, 9.17) is 16.3 Å². The molecule has 28 heavy (non-hydrogen) atoms. The molecule has 0 aliphatic rings. The average molecular weight is 416 g/mol. The van der Waals surface area contributed by atoms with Crippen molar-refractivity contribution in [3.63, 3.8) is 0 Å². The van der Waals surface area contributed by atoms with Crippen LogP contribution in [0.5, 0.6) is 5.75 Å². The molecular weight excluding hydrogens is 398 g/mol. The van der Waals surface area contributed by atoms with Crippen LogP contribution in [0.2, 0.25) is 5.02 Å². The van der Waals surface area contributed by atoms with Crippen LogP contribution >= 0.6 is 22.9 Å². The fraction of sp³-hybridized carbons (Fsp3) is 0.150. The maximum Gasteiger partial charge on any atom is 0.245 e. The van der Waals surface area contributed by atoms with Crippen molar-refractivity contribution in [2.45, 2.75) is 6.42 Å². The maximum atomic E-state index is 12.1. The Morgan fingerprint density at radius 2 is 1.86 bits per heavy atom. The normalized spacial score (nSPS) is 10.4. The lowest BCUT2D eigenvalue weighted by Gasteiger charge is -2.08. The molecule has 8 heteroatoms. The molecule has 0 radical (unpaired) electrons. The number of halogens is 1. The summed E-state index contributed by atoms with van der Waals surface area (Å²) in [6.07, 6.45) is 0.134. The minimum atomic E-state index is -0.342. The molecule has 6 nitrogen and oxygen atoms in total. The SMILES string of the molecule is COc1ccccc1CC(=O)NCC(=O)Nc1nc(-c2ccc(Cl)cc2)cs1. The van der Waals surface area contributed by atoms with E-state index in [-0.39, 0.29) is 24.8 Å². The second-order valence-electron chi connectivity index (χ2n) is 5.86. The van der Waals surface area contributed by atoms with Gasteiger partial charge in [-0.1, -0.05) is 41.9 Å². The van der Waals surface area contributed by atoms with Gasteiger partial charge in [0, 0.05) is 21.5 Å². The third kappa shape index (κ3) is 5.31. The third-order valence-electron chi connectivity index (χ3n) is 3.88. The first-order valence-corrected chi connectivity index (χ1v) is 9.71. The molecule has 0 aliphatic carbocycles. The summed E-state index contributed by atoms with van der Waals surface area (Å²) in [5.74, 6) is 0.0330. The van der Waals surface area contributed by atoms with Crippen molar-refractivity contribution in [3.8, 4) is 17.0 Å². The molecule has 0 fully saturated rings. The lowest BCUT2D eigenvalue weighted by molar-refractivity contribution is -0.123. The van der Waals surface area contributed by atoms with E-state index in [9.17, 15) is 9.59 Å². The summed E-state index contributed by atoms with van der Waals surface area (Å²) in [4.78, 5) is 28.5. The second-order valence-corrected chi connectivity index (χ2v) is 7.15. The molecule has 0 saturated carbocycles. The van der Waals surface area contributed by atoms with Crippen LogP contribution in [0.15, 0.2) is 53.9 Å². The van der Waals surface area contributed by atoms with E-state index < -0.39 is 0 Å². The third-order valence-corrected chi connectivity index (χ3v) is 4.89. The second kappa shape index (κ2) is 9.34. The molecule has 2 N–H and O–H groups in total. The number of hydrogen-bond acceptors (Lipinski definition) is 5. The zero-order chi connectivity index (χ0) is 19.9. The van der Waals surface area contributed by atoms with Gasteiger partial charge in [-0.2, -0.15) is 0 Å². The van der Waals surface area contributed by atoms with E-state index in [2.05, 4.69) is 15.6 Å². The molecule has 1 aromatic heterocycles. The van der Waals surface area contributed by atoms with Crippen molar-refractivity contribution < 1.29 is 14.3 Å². The first-order valence-electron chi connectivity index (χ1n) is 8.45. The van der Waals surface area contributed by atoms with Crippen LogP contribution in [0.25, 0.3) is 11.3 Å². The first kappa shape index (κ1) is 19.9. The fourth-order valence-corrected chi connectivity index (χ4v) is 3.37. The number of carbonyl (C=O) groups is 2. The number of benzene rings is 2. The van der Waals surface area contributed by atoms with Crippen LogP contribution in [-0.2, 0) is 16.0 Å². The highest BCUT2D eigenvalue weighted by Crippen LogP contribution is 2.25. The monoisotopic (exact) mass is 415 g/mol. The molecule has 2 amide bonds.